The second-order valence-electron chi connectivity index (χ2n) is 4.81. The summed E-state index contributed by atoms with van der Waals surface area (Å²) < 4.78 is 0. The quantitative estimate of drug-likeness (QED) is 0.537. The van der Waals surface area contributed by atoms with Gasteiger partial charge in [0.05, 0.1) is 0 Å². The Labute approximate surface area is 73.5 Å². The van der Waals surface area contributed by atoms with Gasteiger partial charge in [-0.05, 0) is 43.4 Å². The summed E-state index contributed by atoms with van der Waals surface area (Å²) in [6.07, 6.45) is 7.62. The summed E-state index contributed by atoms with van der Waals surface area (Å²) in [6, 6.07) is 0. The highest BCUT2D eigenvalue weighted by Gasteiger charge is 2.55. The molecule has 0 bridgehead atoms. The SMILES string of the molecule is O=C1CCC[C@@H]2[C@@H]3CCC[C@@H]3[C@@H]12. The molecular formula is C11H16O. The minimum atomic E-state index is 0.534. The minimum Gasteiger partial charge on any atom is -0.299 e. The van der Waals surface area contributed by atoms with E-state index in [1.165, 1.54) is 32.1 Å². The normalized spacial score (nSPS) is 51.2. The molecule has 0 amide bonds. The molecule has 3 aliphatic rings. The Bertz CT molecular complexity index is 221. The molecule has 0 spiro atoms. The summed E-state index contributed by atoms with van der Waals surface area (Å²) in [7, 11) is 0. The summed E-state index contributed by atoms with van der Waals surface area (Å²) in [6.45, 7) is 0. The molecule has 0 aromatic rings. The topological polar surface area (TPSA) is 17.1 Å². The zero-order chi connectivity index (χ0) is 8.13. The van der Waals surface area contributed by atoms with Crippen molar-refractivity contribution in [1.82, 2.24) is 0 Å². The van der Waals surface area contributed by atoms with E-state index in [0.717, 1.165) is 24.2 Å². The van der Waals surface area contributed by atoms with Crippen LogP contribution in [-0.2, 0) is 4.79 Å². The van der Waals surface area contributed by atoms with Crippen LogP contribution >= 0.6 is 0 Å². The monoisotopic (exact) mass is 164 g/mol. The van der Waals surface area contributed by atoms with Gasteiger partial charge in [0.15, 0.2) is 0 Å². The second-order valence-corrected chi connectivity index (χ2v) is 4.81. The molecule has 3 saturated carbocycles. The average Bonchev–Trinajstić information content (AvgIpc) is 2.43. The van der Waals surface area contributed by atoms with Gasteiger partial charge in [-0.3, -0.25) is 4.79 Å². The zero-order valence-corrected chi connectivity index (χ0v) is 7.46. The van der Waals surface area contributed by atoms with Crippen LogP contribution in [0.3, 0.4) is 0 Å². The van der Waals surface area contributed by atoms with Gasteiger partial charge in [-0.1, -0.05) is 6.42 Å². The lowest BCUT2D eigenvalue weighted by Crippen LogP contribution is -2.50. The summed E-state index contributed by atoms with van der Waals surface area (Å²) >= 11 is 0. The highest BCUT2D eigenvalue weighted by Crippen LogP contribution is 2.59. The van der Waals surface area contributed by atoms with Gasteiger partial charge >= 0.3 is 0 Å². The Morgan fingerprint density at radius 2 is 1.58 bits per heavy atom. The largest absolute Gasteiger partial charge is 0.299 e. The Balaban J connectivity index is 1.84. The van der Waals surface area contributed by atoms with Crippen LogP contribution in [0.25, 0.3) is 0 Å². The van der Waals surface area contributed by atoms with Crippen molar-refractivity contribution in [3.8, 4) is 0 Å². The molecule has 0 aliphatic heterocycles. The van der Waals surface area contributed by atoms with Crippen molar-refractivity contribution < 1.29 is 4.79 Å². The third kappa shape index (κ3) is 0.725. The number of fused-ring (bicyclic) bond motifs is 4. The smallest absolute Gasteiger partial charge is 0.136 e. The molecule has 12 heavy (non-hydrogen) atoms. The molecule has 0 aromatic carbocycles. The highest BCUT2D eigenvalue weighted by molar-refractivity contribution is 5.83. The maximum atomic E-state index is 11.6. The fourth-order valence-electron chi connectivity index (χ4n) is 3.98. The van der Waals surface area contributed by atoms with E-state index < -0.39 is 0 Å². The van der Waals surface area contributed by atoms with Crippen LogP contribution in [0.4, 0.5) is 0 Å². The van der Waals surface area contributed by atoms with Crippen LogP contribution < -0.4 is 0 Å². The van der Waals surface area contributed by atoms with Gasteiger partial charge in [0.2, 0.25) is 0 Å². The molecule has 0 radical (unpaired) electrons. The maximum Gasteiger partial charge on any atom is 0.136 e. The molecule has 3 fully saturated rings. The fourth-order valence-corrected chi connectivity index (χ4v) is 3.98. The van der Waals surface area contributed by atoms with Crippen molar-refractivity contribution in [2.24, 2.45) is 23.7 Å². The van der Waals surface area contributed by atoms with E-state index in [2.05, 4.69) is 0 Å². The van der Waals surface area contributed by atoms with Gasteiger partial charge in [0, 0.05) is 12.3 Å². The number of carbonyl (C=O) groups excluding carboxylic acids is 1. The van der Waals surface area contributed by atoms with Crippen LogP contribution in [0.15, 0.2) is 0 Å². The lowest BCUT2D eigenvalue weighted by Gasteiger charge is -2.50. The molecule has 3 aliphatic carbocycles. The van der Waals surface area contributed by atoms with Gasteiger partial charge in [-0.2, -0.15) is 0 Å². The first kappa shape index (κ1) is 7.11. The summed E-state index contributed by atoms with van der Waals surface area (Å²) in [5, 5.41) is 0. The van der Waals surface area contributed by atoms with Gasteiger partial charge in [0.1, 0.15) is 5.78 Å². The molecule has 0 heterocycles. The first-order valence-electron chi connectivity index (χ1n) is 5.40. The molecule has 66 valence electrons. The van der Waals surface area contributed by atoms with Crippen molar-refractivity contribution in [3.63, 3.8) is 0 Å². The molecule has 0 N–H and O–H groups in total. The van der Waals surface area contributed by atoms with E-state index in [1.54, 1.807) is 0 Å². The van der Waals surface area contributed by atoms with Crippen molar-refractivity contribution in [1.29, 1.82) is 0 Å². The van der Waals surface area contributed by atoms with Gasteiger partial charge in [-0.15, -0.1) is 0 Å². The van der Waals surface area contributed by atoms with Gasteiger partial charge in [0.25, 0.3) is 0 Å². The number of hydrogen-bond donors (Lipinski definition) is 0. The number of rotatable bonds is 0. The average molecular weight is 164 g/mol. The first-order chi connectivity index (χ1) is 5.88. The summed E-state index contributed by atoms with van der Waals surface area (Å²) in [4.78, 5) is 11.6. The first-order valence-corrected chi connectivity index (χ1v) is 5.40. The van der Waals surface area contributed by atoms with Crippen LogP contribution in [0.5, 0.6) is 0 Å². The molecular weight excluding hydrogens is 148 g/mol. The molecule has 0 saturated heterocycles. The second kappa shape index (κ2) is 2.34. The third-order valence-corrected chi connectivity index (χ3v) is 4.43. The highest BCUT2D eigenvalue weighted by atomic mass is 16.1. The van der Waals surface area contributed by atoms with Gasteiger partial charge in [-0.25, -0.2) is 0 Å². The number of hydrogen-bond acceptors (Lipinski definition) is 1. The lowest BCUT2D eigenvalue weighted by molar-refractivity contribution is -0.141. The van der Waals surface area contributed by atoms with Crippen LogP contribution in [0, 0.1) is 23.7 Å². The minimum absolute atomic E-state index is 0.534. The molecule has 4 atom stereocenters. The van der Waals surface area contributed by atoms with Crippen LogP contribution in [0.1, 0.15) is 38.5 Å². The summed E-state index contributed by atoms with van der Waals surface area (Å²) in [5.41, 5.74) is 0. The van der Waals surface area contributed by atoms with E-state index >= 15 is 0 Å². The Morgan fingerprint density at radius 1 is 0.917 bits per heavy atom. The van der Waals surface area contributed by atoms with Crippen molar-refractivity contribution in [2.75, 3.05) is 0 Å². The lowest BCUT2D eigenvalue weighted by atomic mass is 9.53. The van der Waals surface area contributed by atoms with Crippen molar-refractivity contribution in [3.05, 3.63) is 0 Å². The predicted molar refractivity (Wildman–Crippen MR) is 46.7 cm³/mol. The zero-order valence-electron chi connectivity index (χ0n) is 7.46. The van der Waals surface area contributed by atoms with E-state index in [-0.39, 0.29) is 0 Å². The van der Waals surface area contributed by atoms with Crippen molar-refractivity contribution >= 4 is 5.78 Å². The number of ketones is 1. The van der Waals surface area contributed by atoms with Gasteiger partial charge < -0.3 is 0 Å². The fraction of sp³-hybridized carbons (Fsp3) is 0.909. The van der Waals surface area contributed by atoms with Crippen LogP contribution in [-0.4, -0.2) is 5.78 Å². The standard InChI is InChI=1S/C11H16O/c12-10-6-2-5-9-7-3-1-4-8(7)11(9)10/h7-9,11H,1-6H2/t7-,8+,9-,11-/m1/s1. The molecule has 3 rings (SSSR count). The Morgan fingerprint density at radius 3 is 2.42 bits per heavy atom. The molecule has 1 heteroatoms. The maximum absolute atomic E-state index is 11.6. The summed E-state index contributed by atoms with van der Waals surface area (Å²) in [5.74, 6) is 3.78. The van der Waals surface area contributed by atoms with E-state index in [4.69, 9.17) is 0 Å². The van der Waals surface area contributed by atoms with E-state index in [9.17, 15) is 4.79 Å². The molecule has 0 unspecified atom stereocenters. The van der Waals surface area contributed by atoms with E-state index in [0.29, 0.717) is 11.7 Å². The third-order valence-electron chi connectivity index (χ3n) is 4.43. The Hall–Kier alpha value is -0.330. The molecule has 1 nitrogen and oxygen atoms in total. The molecule has 0 aromatic heterocycles. The number of carbonyl (C=O) groups is 1. The van der Waals surface area contributed by atoms with Crippen LogP contribution in [0.2, 0.25) is 0 Å². The Kier molecular flexibility index (Phi) is 1.38. The van der Waals surface area contributed by atoms with Crippen molar-refractivity contribution in [2.45, 2.75) is 38.5 Å². The number of Topliss-reactive ketones (excluding diaryl/α,β-unsaturated/α-hetero) is 1. The predicted octanol–water partition coefficient (Wildman–Crippen LogP) is 2.40. The van der Waals surface area contributed by atoms with E-state index in [1.807, 2.05) is 0 Å².